The van der Waals surface area contributed by atoms with Crippen LogP contribution in [0.15, 0.2) is 0 Å². The molecule has 0 aromatic carbocycles. The molecule has 0 unspecified atom stereocenters. The first-order valence-electron chi connectivity index (χ1n) is 12.2. The minimum Gasteiger partial charge on any atom is -0.203 e. The van der Waals surface area contributed by atoms with Crippen molar-refractivity contribution in [2.24, 2.45) is 0 Å². The van der Waals surface area contributed by atoms with Crippen LogP contribution >= 0.6 is 0 Å². The van der Waals surface area contributed by atoms with Crippen molar-refractivity contribution in [2.45, 2.75) is 120 Å². The molecule has 0 saturated heterocycles. The van der Waals surface area contributed by atoms with Gasteiger partial charge in [-0.25, -0.2) is 8.78 Å². The third-order valence-corrected chi connectivity index (χ3v) is 7.12. The first kappa shape index (κ1) is 53.5. The molecule has 0 amide bonds. The maximum atomic E-state index is 13.9. The highest BCUT2D eigenvalue weighted by Gasteiger charge is 3.02. The summed E-state index contributed by atoms with van der Waals surface area (Å²) in [7, 11) is 0. The molecular formula is C20H6F36. The number of hydrogen-bond donors (Lipinski definition) is 0. The highest BCUT2D eigenvalue weighted by molar-refractivity contribution is 5.22. The predicted molar refractivity (Wildman–Crippen MR) is 100 cm³/mol. The van der Waals surface area contributed by atoms with E-state index in [1.807, 2.05) is 0 Å². The third-order valence-electron chi connectivity index (χ3n) is 7.12. The van der Waals surface area contributed by atoms with Gasteiger partial charge in [-0.2, -0.15) is 149 Å². The van der Waals surface area contributed by atoms with Crippen LogP contribution in [0.3, 0.4) is 0 Å². The summed E-state index contributed by atoms with van der Waals surface area (Å²) in [5.41, 5.74) is 0. The molecule has 36 heteroatoms. The highest BCUT2D eigenvalue weighted by atomic mass is 19.4. The summed E-state index contributed by atoms with van der Waals surface area (Å²) in [6.45, 7) is -0.463. The lowest BCUT2D eigenvalue weighted by atomic mass is 9.82. The minimum absolute atomic E-state index is 0.463. The van der Waals surface area contributed by atoms with Crippen molar-refractivity contribution >= 4 is 0 Å². The van der Waals surface area contributed by atoms with Crippen molar-refractivity contribution in [3.63, 3.8) is 0 Å². The van der Waals surface area contributed by atoms with Gasteiger partial charge in [-0.3, -0.25) is 0 Å². The Bertz CT molecular complexity index is 1410. The van der Waals surface area contributed by atoms with Crippen LogP contribution in [0, 0.1) is 0 Å². The molecule has 0 spiro atoms. The first-order chi connectivity index (χ1) is 23.5. The molecule has 0 aromatic heterocycles. The molecule has 338 valence electrons. The van der Waals surface area contributed by atoms with E-state index >= 15 is 0 Å². The van der Waals surface area contributed by atoms with E-state index in [0.29, 0.717) is 0 Å². The molecule has 0 fully saturated rings. The lowest BCUT2D eigenvalue weighted by molar-refractivity contribution is -0.491. The second-order valence-electron chi connectivity index (χ2n) is 10.6. The summed E-state index contributed by atoms with van der Waals surface area (Å²) < 4.78 is 486. The Hall–Kier alpha value is -2.52. The van der Waals surface area contributed by atoms with E-state index in [1.54, 1.807) is 0 Å². The summed E-state index contributed by atoms with van der Waals surface area (Å²) in [6.07, 6.45) is -9.51. The fourth-order valence-electron chi connectivity index (χ4n) is 3.36. The molecule has 0 atom stereocenters. The molecule has 0 radical (unpaired) electrons. The highest BCUT2D eigenvalue weighted by Crippen LogP contribution is 2.70. The number of rotatable bonds is 18. The molecule has 56 heavy (non-hydrogen) atoms. The lowest BCUT2D eigenvalue weighted by Gasteiger charge is -2.47. The van der Waals surface area contributed by atoms with Gasteiger partial charge in [0.05, 0.1) is 0 Å². The molecule has 0 rings (SSSR count). The van der Waals surface area contributed by atoms with Crippen molar-refractivity contribution in [1.29, 1.82) is 0 Å². The molecule has 0 heterocycles. The molecule has 0 saturated carbocycles. The summed E-state index contributed by atoms with van der Waals surface area (Å²) in [6, 6.07) is 0. The van der Waals surface area contributed by atoms with Crippen LogP contribution in [0.2, 0.25) is 0 Å². The Labute approximate surface area is 280 Å². The average molecular weight is 930 g/mol. The fourth-order valence-corrected chi connectivity index (χ4v) is 3.36. The maximum absolute atomic E-state index is 13.9. The van der Waals surface area contributed by atoms with Crippen LogP contribution < -0.4 is 0 Å². The molecule has 0 aliphatic rings. The topological polar surface area (TPSA) is 0 Å². The van der Waals surface area contributed by atoms with Gasteiger partial charge in [0.15, 0.2) is 0 Å². The molecule has 0 aliphatic carbocycles. The molecular weight excluding hydrogens is 924 g/mol. The normalized spacial score (nSPS) is 17.2. The summed E-state index contributed by atoms with van der Waals surface area (Å²) in [5.74, 6) is -162. The Morgan fingerprint density at radius 1 is 0.232 bits per heavy atom. The molecule has 0 bridgehead atoms. The summed E-state index contributed by atoms with van der Waals surface area (Å²) >= 11 is 0. The van der Waals surface area contributed by atoms with Crippen molar-refractivity contribution < 1.29 is 158 Å². The molecule has 0 N–H and O–H groups in total. The molecule has 0 aromatic rings. The van der Waals surface area contributed by atoms with Crippen molar-refractivity contribution in [3.05, 3.63) is 0 Å². The molecule has 0 nitrogen and oxygen atoms in total. The number of alkyl halides is 36. The Morgan fingerprint density at radius 2 is 0.357 bits per heavy atom. The summed E-state index contributed by atoms with van der Waals surface area (Å²) in [4.78, 5) is 0. The van der Waals surface area contributed by atoms with Crippen LogP contribution in [-0.4, -0.2) is 107 Å². The van der Waals surface area contributed by atoms with E-state index in [9.17, 15) is 158 Å². The van der Waals surface area contributed by atoms with Gasteiger partial charge in [0.1, 0.15) is 0 Å². The fraction of sp³-hybridized carbons (Fsp3) is 1.00. The van der Waals surface area contributed by atoms with Gasteiger partial charge in [-0.05, 0) is 0 Å². The second-order valence-corrected chi connectivity index (χ2v) is 10.6. The maximum Gasteiger partial charge on any atom is 0.385 e. The van der Waals surface area contributed by atoms with Crippen molar-refractivity contribution in [1.82, 2.24) is 0 Å². The van der Waals surface area contributed by atoms with E-state index < -0.39 is 120 Å². The van der Waals surface area contributed by atoms with E-state index in [1.165, 1.54) is 0 Å². The van der Waals surface area contributed by atoms with Crippen LogP contribution in [-0.2, 0) is 0 Å². The Morgan fingerprint density at radius 3 is 0.482 bits per heavy atom. The van der Waals surface area contributed by atoms with Gasteiger partial charge in [-0.15, -0.1) is 0 Å². The predicted octanol–water partition coefficient (Wildman–Crippen LogP) is 12.5. The Kier molecular flexibility index (Phi) is 12.4. The smallest absolute Gasteiger partial charge is 0.203 e. The van der Waals surface area contributed by atoms with Crippen LogP contribution in [0.5, 0.6) is 0 Å². The van der Waals surface area contributed by atoms with Gasteiger partial charge >= 0.3 is 107 Å². The minimum atomic E-state index is -10.3. The van der Waals surface area contributed by atoms with Gasteiger partial charge in [0.2, 0.25) is 0 Å². The monoisotopic (exact) mass is 930 g/mol. The van der Waals surface area contributed by atoms with Crippen molar-refractivity contribution in [3.8, 4) is 0 Å². The number of hydrogen-bond acceptors (Lipinski definition) is 0. The summed E-state index contributed by atoms with van der Waals surface area (Å²) in [5, 5.41) is 0. The number of halogens is 36. The van der Waals surface area contributed by atoms with Crippen LogP contribution in [0.4, 0.5) is 158 Å². The second kappa shape index (κ2) is 13.0. The SMILES string of the molecule is CCC(F)(F)C(F)(F)C(F)(F)C(F)(F)C(F)(F)C(F)(F)C(F)(F)C(F)(F)C(F)(F)C(F)(F)C(F)(F)C(F)(F)C(F)(F)C(F)(F)C(F)(F)C(F)(F)C(F)(F)C(F)F. The lowest BCUT2D eigenvalue weighted by Crippen LogP contribution is -2.80. The van der Waals surface area contributed by atoms with Crippen LogP contribution in [0.25, 0.3) is 0 Å². The van der Waals surface area contributed by atoms with Gasteiger partial charge in [0.25, 0.3) is 0 Å². The van der Waals surface area contributed by atoms with E-state index in [0.717, 1.165) is 0 Å². The van der Waals surface area contributed by atoms with E-state index in [-0.39, 0.29) is 0 Å². The van der Waals surface area contributed by atoms with E-state index in [2.05, 4.69) is 0 Å². The third kappa shape index (κ3) is 5.79. The quantitative estimate of drug-likeness (QED) is 0.120. The Balaban J connectivity index is 7.83. The largest absolute Gasteiger partial charge is 0.385 e. The van der Waals surface area contributed by atoms with Crippen molar-refractivity contribution in [2.75, 3.05) is 0 Å². The van der Waals surface area contributed by atoms with Gasteiger partial charge in [-0.1, -0.05) is 6.92 Å². The van der Waals surface area contributed by atoms with Gasteiger partial charge in [0, 0.05) is 6.42 Å². The zero-order valence-corrected chi connectivity index (χ0v) is 24.4. The van der Waals surface area contributed by atoms with Crippen LogP contribution in [0.1, 0.15) is 13.3 Å². The van der Waals surface area contributed by atoms with Gasteiger partial charge < -0.3 is 0 Å². The first-order valence-corrected chi connectivity index (χ1v) is 12.2. The average Bonchev–Trinajstić information content (AvgIpc) is 2.99. The molecule has 0 aliphatic heterocycles. The standard InChI is InChI=1S/C20H6F36/c1-2-4(23,24)6(27,28)8(31,32)10(35,36)12(39,40)14(43,44)16(47,48)18(51,52)20(55,56)19(53,54)17(49,50)15(45,46)13(41,42)11(37,38)9(33,34)7(29,30)5(25,26)3(21)22/h3H,2H2,1H3. The zero-order valence-electron chi connectivity index (χ0n) is 24.4. The van der Waals surface area contributed by atoms with E-state index in [4.69, 9.17) is 0 Å². The zero-order chi connectivity index (χ0) is 46.8.